The van der Waals surface area contributed by atoms with Gasteiger partial charge in [0.1, 0.15) is 0 Å². The molecule has 7 heteroatoms. The number of hydrogen-bond donors (Lipinski definition) is 1. The van der Waals surface area contributed by atoms with Gasteiger partial charge in [0.15, 0.2) is 0 Å². The number of amides is 1. The van der Waals surface area contributed by atoms with Crippen LogP contribution in [0.15, 0.2) is 89.8 Å². The Hall–Kier alpha value is -4.15. The van der Waals surface area contributed by atoms with Crippen molar-refractivity contribution in [3.8, 4) is 6.07 Å². The van der Waals surface area contributed by atoms with E-state index in [0.29, 0.717) is 29.9 Å². The van der Waals surface area contributed by atoms with Crippen molar-refractivity contribution in [1.82, 2.24) is 0 Å². The minimum atomic E-state index is -3.86. The van der Waals surface area contributed by atoms with Gasteiger partial charge in [0.2, 0.25) is 5.91 Å². The summed E-state index contributed by atoms with van der Waals surface area (Å²) in [6.07, 6.45) is 2.43. The minimum Gasteiger partial charge on any atom is -0.310 e. The lowest BCUT2D eigenvalue weighted by atomic mass is 9.99. The Morgan fingerprint density at radius 2 is 1.72 bits per heavy atom. The van der Waals surface area contributed by atoms with Crippen molar-refractivity contribution >= 4 is 38.1 Å². The SMILES string of the molecule is N#Cc1ccc(CCC(=O)N2CCCc3cccc(NS(=O)(=O)c4ccc5ccccc5c4)c32)cc1. The van der Waals surface area contributed by atoms with Crippen LogP contribution in [0, 0.1) is 11.3 Å². The number of sulfonamides is 1. The maximum atomic E-state index is 13.3. The van der Waals surface area contributed by atoms with Crippen LogP contribution in [0.25, 0.3) is 10.8 Å². The molecule has 0 atom stereocenters. The van der Waals surface area contributed by atoms with Gasteiger partial charge in [-0.15, -0.1) is 0 Å². The Balaban J connectivity index is 1.40. The molecule has 4 aromatic rings. The second kappa shape index (κ2) is 9.84. The van der Waals surface area contributed by atoms with E-state index in [-0.39, 0.29) is 17.2 Å². The third-order valence-corrected chi connectivity index (χ3v) is 7.87. The molecule has 0 aromatic heterocycles. The monoisotopic (exact) mass is 495 g/mol. The molecule has 0 radical (unpaired) electrons. The van der Waals surface area contributed by atoms with Crippen molar-refractivity contribution in [1.29, 1.82) is 5.26 Å². The first kappa shape index (κ1) is 23.6. The molecule has 0 aliphatic carbocycles. The van der Waals surface area contributed by atoms with Crippen LogP contribution in [0.5, 0.6) is 0 Å². The van der Waals surface area contributed by atoms with Crippen LogP contribution in [0.4, 0.5) is 11.4 Å². The molecule has 1 aliphatic rings. The van der Waals surface area contributed by atoms with Gasteiger partial charge in [0.25, 0.3) is 10.0 Å². The van der Waals surface area contributed by atoms with Gasteiger partial charge in [-0.3, -0.25) is 9.52 Å². The molecule has 0 unspecified atom stereocenters. The number of carbonyl (C=O) groups excluding carboxylic acids is 1. The summed E-state index contributed by atoms with van der Waals surface area (Å²) in [4.78, 5) is 15.2. The van der Waals surface area contributed by atoms with E-state index in [0.717, 1.165) is 34.7 Å². The Kier molecular flexibility index (Phi) is 6.45. The highest BCUT2D eigenvalue weighted by molar-refractivity contribution is 7.92. The van der Waals surface area contributed by atoms with E-state index in [2.05, 4.69) is 10.8 Å². The van der Waals surface area contributed by atoms with E-state index in [1.54, 1.807) is 41.3 Å². The fraction of sp³-hybridized carbons (Fsp3) is 0.172. The van der Waals surface area contributed by atoms with Crippen molar-refractivity contribution in [3.63, 3.8) is 0 Å². The smallest absolute Gasteiger partial charge is 0.261 e. The average molecular weight is 496 g/mol. The molecule has 4 aromatic carbocycles. The second-order valence-electron chi connectivity index (χ2n) is 8.89. The second-order valence-corrected chi connectivity index (χ2v) is 10.6. The number of carbonyl (C=O) groups is 1. The summed E-state index contributed by atoms with van der Waals surface area (Å²) in [5.41, 5.74) is 3.56. The number of benzene rings is 4. The molecular weight excluding hydrogens is 470 g/mol. The Labute approximate surface area is 210 Å². The zero-order chi connectivity index (χ0) is 25.1. The average Bonchev–Trinajstić information content (AvgIpc) is 2.91. The quantitative estimate of drug-likeness (QED) is 0.386. The summed E-state index contributed by atoms with van der Waals surface area (Å²) in [7, 11) is -3.86. The number of nitrogens with one attached hydrogen (secondary N) is 1. The molecule has 6 nitrogen and oxygen atoms in total. The first-order valence-corrected chi connectivity index (χ1v) is 13.4. The molecular formula is C29H25N3O3S. The number of hydrogen-bond acceptors (Lipinski definition) is 4. The highest BCUT2D eigenvalue weighted by atomic mass is 32.2. The van der Waals surface area contributed by atoms with Gasteiger partial charge in [-0.05, 0) is 71.5 Å². The standard InChI is InChI=1S/C29H25N3O3S/c30-20-22-12-10-21(11-13-22)14-17-28(33)32-18-4-8-24-7-3-9-27(29(24)32)31-36(34,35)26-16-15-23-5-1-2-6-25(23)19-26/h1-3,5-7,9-13,15-16,19,31H,4,8,14,17-18H2. The lowest BCUT2D eigenvalue weighted by Gasteiger charge is -2.32. The largest absolute Gasteiger partial charge is 0.310 e. The van der Waals surface area contributed by atoms with Crippen LogP contribution < -0.4 is 9.62 Å². The zero-order valence-electron chi connectivity index (χ0n) is 19.6. The highest BCUT2D eigenvalue weighted by Crippen LogP contribution is 2.36. The number of rotatable bonds is 6. The van der Waals surface area contributed by atoms with Crippen molar-refractivity contribution in [3.05, 3.63) is 102 Å². The molecule has 0 saturated heterocycles. The Morgan fingerprint density at radius 3 is 2.50 bits per heavy atom. The zero-order valence-corrected chi connectivity index (χ0v) is 20.5. The number of aryl methyl sites for hydroxylation is 2. The van der Waals surface area contributed by atoms with E-state index in [4.69, 9.17) is 5.26 Å². The molecule has 1 N–H and O–H groups in total. The normalized spacial score (nSPS) is 13.1. The lowest BCUT2D eigenvalue weighted by molar-refractivity contribution is -0.118. The van der Waals surface area contributed by atoms with E-state index in [1.165, 1.54) is 0 Å². The van der Waals surface area contributed by atoms with Crippen LogP contribution in [0.2, 0.25) is 0 Å². The molecule has 1 heterocycles. The van der Waals surface area contributed by atoms with Gasteiger partial charge in [-0.25, -0.2) is 8.42 Å². The van der Waals surface area contributed by atoms with E-state index >= 15 is 0 Å². The predicted molar refractivity (Wildman–Crippen MR) is 141 cm³/mol. The summed E-state index contributed by atoms with van der Waals surface area (Å²) in [6, 6.07) is 27.5. The topological polar surface area (TPSA) is 90.3 Å². The molecule has 1 amide bonds. The minimum absolute atomic E-state index is 0.0577. The van der Waals surface area contributed by atoms with E-state index in [1.807, 2.05) is 48.5 Å². The van der Waals surface area contributed by atoms with Gasteiger partial charge in [-0.1, -0.05) is 54.6 Å². The first-order valence-electron chi connectivity index (χ1n) is 11.9. The maximum Gasteiger partial charge on any atom is 0.261 e. The maximum absolute atomic E-state index is 13.3. The van der Waals surface area contributed by atoms with Crippen LogP contribution in [0.1, 0.15) is 29.5 Å². The van der Waals surface area contributed by atoms with Crippen LogP contribution in [-0.4, -0.2) is 20.9 Å². The summed E-state index contributed by atoms with van der Waals surface area (Å²) >= 11 is 0. The number of nitriles is 1. The summed E-state index contributed by atoms with van der Waals surface area (Å²) < 4.78 is 29.4. The summed E-state index contributed by atoms with van der Waals surface area (Å²) in [6.45, 7) is 0.536. The van der Waals surface area contributed by atoms with Gasteiger partial charge in [0, 0.05) is 13.0 Å². The third-order valence-electron chi connectivity index (χ3n) is 6.50. The van der Waals surface area contributed by atoms with Gasteiger partial charge in [0.05, 0.1) is 27.9 Å². The number of nitrogens with zero attached hydrogens (tertiary/aromatic N) is 2. The van der Waals surface area contributed by atoms with E-state index < -0.39 is 10.0 Å². The van der Waals surface area contributed by atoms with Crippen LogP contribution >= 0.6 is 0 Å². The first-order chi connectivity index (χ1) is 17.4. The number of para-hydroxylation sites is 1. The molecule has 180 valence electrons. The third kappa shape index (κ3) is 4.81. The van der Waals surface area contributed by atoms with Crippen LogP contribution in [0.3, 0.4) is 0 Å². The Bertz CT molecular complexity index is 1590. The molecule has 0 bridgehead atoms. The molecule has 5 rings (SSSR count). The number of fused-ring (bicyclic) bond motifs is 2. The predicted octanol–water partition coefficient (Wildman–Crippen LogP) is 5.42. The summed E-state index contributed by atoms with van der Waals surface area (Å²) in [5.74, 6) is -0.0577. The van der Waals surface area contributed by atoms with Gasteiger partial charge >= 0.3 is 0 Å². The molecule has 0 spiro atoms. The summed E-state index contributed by atoms with van der Waals surface area (Å²) in [5, 5.41) is 10.8. The van der Waals surface area contributed by atoms with Gasteiger partial charge in [-0.2, -0.15) is 5.26 Å². The fourth-order valence-corrected chi connectivity index (χ4v) is 5.75. The molecule has 36 heavy (non-hydrogen) atoms. The number of anilines is 2. The van der Waals surface area contributed by atoms with Crippen molar-refractivity contribution in [2.24, 2.45) is 0 Å². The van der Waals surface area contributed by atoms with Crippen molar-refractivity contribution in [2.75, 3.05) is 16.2 Å². The highest BCUT2D eigenvalue weighted by Gasteiger charge is 2.27. The molecule has 0 saturated carbocycles. The van der Waals surface area contributed by atoms with Crippen molar-refractivity contribution < 1.29 is 13.2 Å². The molecule has 1 aliphatic heterocycles. The van der Waals surface area contributed by atoms with E-state index in [9.17, 15) is 13.2 Å². The van der Waals surface area contributed by atoms with Crippen LogP contribution in [-0.2, 0) is 27.7 Å². The fourth-order valence-electron chi connectivity index (χ4n) is 4.65. The molecule has 0 fully saturated rings. The van der Waals surface area contributed by atoms with Crippen molar-refractivity contribution in [2.45, 2.75) is 30.6 Å². The lowest BCUT2D eigenvalue weighted by Crippen LogP contribution is -2.36. The van der Waals surface area contributed by atoms with Gasteiger partial charge < -0.3 is 4.90 Å². The Morgan fingerprint density at radius 1 is 0.944 bits per heavy atom.